The molecule has 2 aromatic rings. The van der Waals surface area contributed by atoms with Crippen LogP contribution < -0.4 is 0 Å². The van der Waals surface area contributed by atoms with Crippen LogP contribution in [-0.2, 0) is 6.54 Å². The van der Waals surface area contributed by atoms with E-state index in [9.17, 15) is 14.4 Å². The Morgan fingerprint density at radius 2 is 1.67 bits per heavy atom. The smallest absolute Gasteiger partial charge is 0.261 e. The number of halogens is 1. The summed E-state index contributed by atoms with van der Waals surface area (Å²) in [4.78, 5) is 39.2. The Morgan fingerprint density at radius 1 is 1.04 bits per heavy atom. The third-order valence-corrected chi connectivity index (χ3v) is 4.54. The predicted octanol–water partition coefficient (Wildman–Crippen LogP) is 2.95. The molecule has 3 rings (SSSR count). The molecular formula is C18H15BrN2O3. The zero-order chi connectivity index (χ0) is 17.4. The SMILES string of the molecule is CN(Cc1ccc(Br)cc1)C(=O)c1ccc2c(c1)C(=O)N(C)C2=O. The van der Waals surface area contributed by atoms with Crippen molar-refractivity contribution in [2.24, 2.45) is 0 Å². The van der Waals surface area contributed by atoms with Gasteiger partial charge in [0.05, 0.1) is 11.1 Å². The van der Waals surface area contributed by atoms with Crippen molar-refractivity contribution in [1.29, 1.82) is 0 Å². The molecule has 3 amide bonds. The van der Waals surface area contributed by atoms with Crippen LogP contribution in [0, 0.1) is 0 Å². The first-order chi connectivity index (χ1) is 11.4. The number of hydrogen-bond acceptors (Lipinski definition) is 3. The molecule has 0 aromatic heterocycles. The van der Waals surface area contributed by atoms with E-state index in [1.807, 2.05) is 24.3 Å². The van der Waals surface area contributed by atoms with Crippen LogP contribution in [0.5, 0.6) is 0 Å². The van der Waals surface area contributed by atoms with Gasteiger partial charge < -0.3 is 4.90 Å². The van der Waals surface area contributed by atoms with Gasteiger partial charge in [0.15, 0.2) is 0 Å². The summed E-state index contributed by atoms with van der Waals surface area (Å²) in [5, 5.41) is 0. The molecule has 0 fully saturated rings. The third kappa shape index (κ3) is 2.85. The molecule has 0 saturated heterocycles. The molecule has 0 atom stereocenters. The molecule has 6 heteroatoms. The van der Waals surface area contributed by atoms with Gasteiger partial charge in [0.2, 0.25) is 0 Å². The van der Waals surface area contributed by atoms with Gasteiger partial charge in [-0.25, -0.2) is 0 Å². The number of amides is 3. The number of imide groups is 1. The maximum absolute atomic E-state index is 12.6. The summed E-state index contributed by atoms with van der Waals surface area (Å²) in [6.45, 7) is 0.454. The van der Waals surface area contributed by atoms with Gasteiger partial charge in [0, 0.05) is 30.7 Å². The second kappa shape index (κ2) is 6.20. The third-order valence-electron chi connectivity index (χ3n) is 4.02. The minimum absolute atomic E-state index is 0.199. The predicted molar refractivity (Wildman–Crippen MR) is 92.8 cm³/mol. The Hall–Kier alpha value is -2.47. The average Bonchev–Trinajstić information content (AvgIpc) is 2.80. The second-order valence-corrected chi connectivity index (χ2v) is 6.63. The van der Waals surface area contributed by atoms with E-state index in [1.54, 1.807) is 24.1 Å². The summed E-state index contributed by atoms with van der Waals surface area (Å²) in [7, 11) is 3.14. The maximum Gasteiger partial charge on any atom is 0.261 e. The van der Waals surface area contributed by atoms with E-state index in [1.165, 1.54) is 13.1 Å². The lowest BCUT2D eigenvalue weighted by molar-refractivity contribution is 0.0692. The van der Waals surface area contributed by atoms with Crippen molar-refractivity contribution >= 4 is 33.7 Å². The van der Waals surface area contributed by atoms with Crippen molar-refractivity contribution in [2.75, 3.05) is 14.1 Å². The van der Waals surface area contributed by atoms with E-state index < -0.39 is 0 Å². The van der Waals surface area contributed by atoms with E-state index in [4.69, 9.17) is 0 Å². The summed E-state index contributed by atoms with van der Waals surface area (Å²) < 4.78 is 0.978. The van der Waals surface area contributed by atoms with Crippen LogP contribution in [0.3, 0.4) is 0 Å². The Kier molecular flexibility index (Phi) is 4.24. The Labute approximate surface area is 148 Å². The quantitative estimate of drug-likeness (QED) is 0.761. The molecule has 24 heavy (non-hydrogen) atoms. The number of fused-ring (bicyclic) bond motifs is 1. The largest absolute Gasteiger partial charge is 0.337 e. The topological polar surface area (TPSA) is 57.7 Å². The average molecular weight is 387 g/mol. The molecule has 0 unspecified atom stereocenters. The van der Waals surface area contributed by atoms with Crippen molar-refractivity contribution in [3.63, 3.8) is 0 Å². The number of rotatable bonds is 3. The fourth-order valence-corrected chi connectivity index (χ4v) is 2.91. The highest BCUT2D eigenvalue weighted by molar-refractivity contribution is 9.10. The van der Waals surface area contributed by atoms with Gasteiger partial charge in [-0.15, -0.1) is 0 Å². The zero-order valence-corrected chi connectivity index (χ0v) is 14.8. The Morgan fingerprint density at radius 3 is 2.33 bits per heavy atom. The summed E-state index contributed by atoms with van der Waals surface area (Å²) in [5.74, 6) is -0.909. The van der Waals surface area contributed by atoms with E-state index in [0.717, 1.165) is 14.9 Å². The Balaban J connectivity index is 1.82. The first-order valence-corrected chi connectivity index (χ1v) is 8.14. The molecule has 1 aliphatic rings. The van der Waals surface area contributed by atoms with Crippen LogP contribution in [0.4, 0.5) is 0 Å². The fraction of sp³-hybridized carbons (Fsp3) is 0.167. The van der Waals surface area contributed by atoms with Crippen molar-refractivity contribution in [2.45, 2.75) is 6.54 Å². The van der Waals surface area contributed by atoms with Gasteiger partial charge in [-0.05, 0) is 35.9 Å². The summed E-state index contributed by atoms with van der Waals surface area (Å²) in [6, 6.07) is 12.3. The molecule has 0 aliphatic carbocycles. The van der Waals surface area contributed by atoms with Crippen LogP contribution in [-0.4, -0.2) is 41.6 Å². The van der Waals surface area contributed by atoms with E-state index >= 15 is 0 Å². The lowest BCUT2D eigenvalue weighted by Gasteiger charge is -2.17. The van der Waals surface area contributed by atoms with Gasteiger partial charge in [0.25, 0.3) is 17.7 Å². The summed E-state index contributed by atoms with van der Waals surface area (Å²) in [6.07, 6.45) is 0. The van der Waals surface area contributed by atoms with Gasteiger partial charge in [-0.3, -0.25) is 19.3 Å². The van der Waals surface area contributed by atoms with E-state index in [2.05, 4.69) is 15.9 Å². The van der Waals surface area contributed by atoms with Crippen molar-refractivity contribution in [3.8, 4) is 0 Å². The molecule has 0 spiro atoms. The van der Waals surface area contributed by atoms with Gasteiger partial charge in [-0.1, -0.05) is 28.1 Å². The van der Waals surface area contributed by atoms with Crippen LogP contribution in [0.15, 0.2) is 46.9 Å². The highest BCUT2D eigenvalue weighted by atomic mass is 79.9. The lowest BCUT2D eigenvalue weighted by Crippen LogP contribution is -2.26. The molecule has 1 aliphatic heterocycles. The zero-order valence-electron chi connectivity index (χ0n) is 13.2. The molecular weight excluding hydrogens is 372 g/mol. The molecule has 0 radical (unpaired) electrons. The maximum atomic E-state index is 12.6. The summed E-state index contributed by atoms with van der Waals surface area (Å²) in [5.41, 5.74) is 2.02. The van der Waals surface area contributed by atoms with Crippen molar-refractivity contribution in [3.05, 3.63) is 69.2 Å². The fourth-order valence-electron chi connectivity index (χ4n) is 2.65. The van der Waals surface area contributed by atoms with Crippen molar-refractivity contribution in [1.82, 2.24) is 9.80 Å². The van der Waals surface area contributed by atoms with Gasteiger partial charge in [-0.2, -0.15) is 0 Å². The molecule has 5 nitrogen and oxygen atoms in total. The highest BCUT2D eigenvalue weighted by Gasteiger charge is 2.33. The van der Waals surface area contributed by atoms with Crippen LogP contribution in [0.25, 0.3) is 0 Å². The minimum atomic E-state index is -0.375. The van der Waals surface area contributed by atoms with Crippen LogP contribution in [0.1, 0.15) is 36.6 Å². The van der Waals surface area contributed by atoms with Crippen LogP contribution in [0.2, 0.25) is 0 Å². The molecule has 0 bridgehead atoms. The summed E-state index contributed by atoms with van der Waals surface area (Å²) >= 11 is 3.38. The van der Waals surface area contributed by atoms with Crippen molar-refractivity contribution < 1.29 is 14.4 Å². The van der Waals surface area contributed by atoms with Gasteiger partial charge >= 0.3 is 0 Å². The first-order valence-electron chi connectivity index (χ1n) is 7.35. The Bertz CT molecular complexity index is 846. The monoisotopic (exact) mass is 386 g/mol. The van der Waals surface area contributed by atoms with Crippen LogP contribution >= 0.6 is 15.9 Å². The van der Waals surface area contributed by atoms with E-state index in [-0.39, 0.29) is 23.3 Å². The normalized spacial score (nSPS) is 13.2. The standard InChI is InChI=1S/C18H15BrN2O3/c1-20(10-11-3-6-13(19)7-4-11)16(22)12-5-8-14-15(9-12)18(24)21(2)17(14)23/h3-9H,10H2,1-2H3. The number of hydrogen-bond donors (Lipinski definition) is 0. The molecule has 2 aromatic carbocycles. The second-order valence-electron chi connectivity index (χ2n) is 5.72. The molecule has 0 N–H and O–H groups in total. The minimum Gasteiger partial charge on any atom is -0.337 e. The number of benzene rings is 2. The van der Waals surface area contributed by atoms with E-state index in [0.29, 0.717) is 17.7 Å². The first kappa shape index (κ1) is 16.4. The lowest BCUT2D eigenvalue weighted by atomic mass is 10.0. The molecule has 122 valence electrons. The molecule has 1 heterocycles. The number of nitrogens with zero attached hydrogens (tertiary/aromatic N) is 2. The molecule has 0 saturated carbocycles. The highest BCUT2D eigenvalue weighted by Crippen LogP contribution is 2.23. The number of carbonyl (C=O) groups excluding carboxylic acids is 3. The van der Waals surface area contributed by atoms with Gasteiger partial charge in [0.1, 0.15) is 0 Å². The number of carbonyl (C=O) groups is 3.